The third kappa shape index (κ3) is 1.45. The maximum Gasteiger partial charge on any atom is 0.292 e. The Balaban J connectivity index is 2.57. The Morgan fingerprint density at radius 1 is 1.00 bits per heavy atom. The fourth-order valence-electron chi connectivity index (χ4n) is 1.28. The molecule has 2 aromatic rings. The van der Waals surface area contributed by atoms with Crippen molar-refractivity contribution >= 4 is 10.8 Å². The van der Waals surface area contributed by atoms with Crippen LogP contribution in [0.2, 0.25) is 0 Å². The molecule has 2 rings (SSSR count). The highest BCUT2D eigenvalue weighted by Crippen LogP contribution is 2.19. The van der Waals surface area contributed by atoms with Gasteiger partial charge in [0.2, 0.25) is 0 Å². The molecule has 0 spiro atoms. The molecule has 0 aliphatic rings. The van der Waals surface area contributed by atoms with Crippen molar-refractivity contribution in [2.24, 2.45) is 0 Å². The third-order valence-corrected chi connectivity index (χ3v) is 1.88. The van der Waals surface area contributed by atoms with Gasteiger partial charge in [-0.1, -0.05) is 30.3 Å². The Labute approximate surface area is 76.0 Å². The van der Waals surface area contributed by atoms with Crippen molar-refractivity contribution in [3.8, 4) is 12.0 Å². The average Bonchev–Trinajstić information content (AvgIpc) is 2.18. The molecule has 2 aromatic carbocycles. The summed E-state index contributed by atoms with van der Waals surface area (Å²) in [6.07, 6.45) is 1.65. The molecule has 0 aliphatic heterocycles. The standard InChI is InChI=1S/C11H7NO/c12-8-13-11-6-5-9-3-1-2-4-10(9)7-11/h1-7H. The van der Waals surface area contributed by atoms with Gasteiger partial charge in [0.15, 0.2) is 0 Å². The van der Waals surface area contributed by atoms with Crippen molar-refractivity contribution in [1.82, 2.24) is 0 Å². The van der Waals surface area contributed by atoms with E-state index in [0.717, 1.165) is 10.8 Å². The van der Waals surface area contributed by atoms with Crippen LogP contribution in [0, 0.1) is 11.5 Å². The highest BCUT2D eigenvalue weighted by atomic mass is 16.5. The van der Waals surface area contributed by atoms with Crippen LogP contribution in [0.4, 0.5) is 0 Å². The molecular formula is C11H7NO. The third-order valence-electron chi connectivity index (χ3n) is 1.88. The lowest BCUT2D eigenvalue weighted by atomic mass is 10.1. The fraction of sp³-hybridized carbons (Fsp3) is 0. The first kappa shape index (κ1) is 7.63. The lowest BCUT2D eigenvalue weighted by Crippen LogP contribution is -1.81. The molecule has 0 bridgehead atoms. The van der Waals surface area contributed by atoms with Crippen LogP contribution in [0.5, 0.6) is 5.75 Å². The van der Waals surface area contributed by atoms with Crippen molar-refractivity contribution < 1.29 is 4.74 Å². The Morgan fingerprint density at radius 3 is 2.54 bits per heavy atom. The average molecular weight is 169 g/mol. The van der Waals surface area contributed by atoms with Crippen molar-refractivity contribution in [2.45, 2.75) is 0 Å². The zero-order valence-corrected chi connectivity index (χ0v) is 6.90. The Bertz CT molecular complexity index is 471. The van der Waals surface area contributed by atoms with Crippen molar-refractivity contribution in [3.05, 3.63) is 42.5 Å². The van der Waals surface area contributed by atoms with Crippen LogP contribution in [0.1, 0.15) is 0 Å². The van der Waals surface area contributed by atoms with Crippen LogP contribution >= 0.6 is 0 Å². The Morgan fingerprint density at radius 2 is 1.77 bits per heavy atom. The molecule has 0 N–H and O–H groups in total. The van der Waals surface area contributed by atoms with Crippen LogP contribution in [-0.4, -0.2) is 0 Å². The zero-order chi connectivity index (χ0) is 9.10. The van der Waals surface area contributed by atoms with Gasteiger partial charge in [0.05, 0.1) is 0 Å². The lowest BCUT2D eigenvalue weighted by molar-refractivity contribution is 0.508. The number of rotatable bonds is 1. The molecule has 0 saturated carbocycles. The normalized spacial score (nSPS) is 9.46. The maximum atomic E-state index is 8.32. The summed E-state index contributed by atoms with van der Waals surface area (Å²) >= 11 is 0. The minimum atomic E-state index is 0.584. The first-order valence-corrected chi connectivity index (χ1v) is 3.95. The van der Waals surface area contributed by atoms with E-state index in [-0.39, 0.29) is 0 Å². The summed E-state index contributed by atoms with van der Waals surface area (Å²) in [6, 6.07) is 13.5. The molecule has 2 nitrogen and oxygen atoms in total. The number of fused-ring (bicyclic) bond motifs is 1. The molecule has 0 aromatic heterocycles. The van der Waals surface area contributed by atoms with E-state index in [1.54, 1.807) is 12.3 Å². The molecular weight excluding hydrogens is 162 g/mol. The van der Waals surface area contributed by atoms with Crippen LogP contribution in [0.3, 0.4) is 0 Å². The molecule has 0 saturated heterocycles. The molecule has 0 atom stereocenters. The van der Waals surface area contributed by atoms with E-state index in [4.69, 9.17) is 10.00 Å². The Hall–Kier alpha value is -2.01. The smallest absolute Gasteiger partial charge is 0.292 e. The van der Waals surface area contributed by atoms with Gasteiger partial charge in [0.1, 0.15) is 5.75 Å². The van der Waals surface area contributed by atoms with Crippen LogP contribution < -0.4 is 4.74 Å². The van der Waals surface area contributed by atoms with Gasteiger partial charge in [0, 0.05) is 0 Å². The number of hydrogen-bond donors (Lipinski definition) is 0. The van der Waals surface area contributed by atoms with Gasteiger partial charge in [-0.25, -0.2) is 0 Å². The summed E-state index contributed by atoms with van der Waals surface area (Å²) < 4.78 is 4.72. The summed E-state index contributed by atoms with van der Waals surface area (Å²) in [4.78, 5) is 0. The number of benzene rings is 2. The maximum absolute atomic E-state index is 8.32. The van der Waals surface area contributed by atoms with E-state index in [1.165, 1.54) is 0 Å². The van der Waals surface area contributed by atoms with Crippen LogP contribution in [0.25, 0.3) is 10.8 Å². The molecule has 0 aliphatic carbocycles. The summed E-state index contributed by atoms with van der Waals surface area (Å²) in [5, 5.41) is 10.5. The van der Waals surface area contributed by atoms with Gasteiger partial charge in [-0.3, -0.25) is 0 Å². The van der Waals surface area contributed by atoms with Gasteiger partial charge >= 0.3 is 0 Å². The van der Waals surface area contributed by atoms with Gasteiger partial charge in [0.25, 0.3) is 6.26 Å². The number of ether oxygens (including phenoxy) is 1. The molecule has 0 radical (unpaired) electrons. The topological polar surface area (TPSA) is 33.0 Å². The number of nitriles is 1. The van der Waals surface area contributed by atoms with E-state index in [2.05, 4.69) is 0 Å². The van der Waals surface area contributed by atoms with Gasteiger partial charge < -0.3 is 4.74 Å². The SMILES string of the molecule is N#COc1ccc2ccccc2c1. The summed E-state index contributed by atoms with van der Waals surface area (Å²) in [5.41, 5.74) is 0. The van der Waals surface area contributed by atoms with E-state index in [0.29, 0.717) is 5.75 Å². The number of nitrogens with zero attached hydrogens (tertiary/aromatic N) is 1. The molecule has 0 unspecified atom stereocenters. The lowest BCUT2D eigenvalue weighted by Gasteiger charge is -1.98. The van der Waals surface area contributed by atoms with Gasteiger partial charge in [-0.05, 0) is 22.9 Å². The number of hydrogen-bond acceptors (Lipinski definition) is 2. The minimum absolute atomic E-state index is 0.584. The second kappa shape index (κ2) is 3.16. The molecule has 62 valence electrons. The van der Waals surface area contributed by atoms with Crippen LogP contribution in [-0.2, 0) is 0 Å². The monoisotopic (exact) mass is 169 g/mol. The van der Waals surface area contributed by atoms with Crippen molar-refractivity contribution in [2.75, 3.05) is 0 Å². The first-order valence-electron chi connectivity index (χ1n) is 3.95. The van der Waals surface area contributed by atoms with Crippen molar-refractivity contribution in [1.29, 1.82) is 5.26 Å². The van der Waals surface area contributed by atoms with Gasteiger partial charge in [-0.2, -0.15) is 0 Å². The van der Waals surface area contributed by atoms with E-state index >= 15 is 0 Å². The Kier molecular flexibility index (Phi) is 1.85. The van der Waals surface area contributed by atoms with Crippen LogP contribution in [0.15, 0.2) is 42.5 Å². The predicted molar refractivity (Wildman–Crippen MR) is 50.2 cm³/mol. The quantitative estimate of drug-likeness (QED) is 0.615. The van der Waals surface area contributed by atoms with E-state index in [9.17, 15) is 0 Å². The fourth-order valence-corrected chi connectivity index (χ4v) is 1.28. The predicted octanol–water partition coefficient (Wildman–Crippen LogP) is 2.70. The highest BCUT2D eigenvalue weighted by molar-refractivity contribution is 5.83. The summed E-state index contributed by atoms with van der Waals surface area (Å²) in [7, 11) is 0. The second-order valence-electron chi connectivity index (χ2n) is 2.70. The molecule has 0 amide bonds. The summed E-state index contributed by atoms with van der Waals surface area (Å²) in [5.74, 6) is 0.584. The molecule has 0 fully saturated rings. The molecule has 2 heteroatoms. The molecule has 13 heavy (non-hydrogen) atoms. The highest BCUT2D eigenvalue weighted by Gasteiger charge is 1.95. The van der Waals surface area contributed by atoms with Crippen molar-refractivity contribution in [3.63, 3.8) is 0 Å². The van der Waals surface area contributed by atoms with E-state index in [1.807, 2.05) is 36.4 Å². The van der Waals surface area contributed by atoms with Gasteiger partial charge in [-0.15, -0.1) is 5.26 Å². The zero-order valence-electron chi connectivity index (χ0n) is 6.90. The van der Waals surface area contributed by atoms with E-state index < -0.39 is 0 Å². The summed E-state index contributed by atoms with van der Waals surface area (Å²) in [6.45, 7) is 0. The first-order chi connectivity index (χ1) is 6.40. The second-order valence-corrected chi connectivity index (χ2v) is 2.70. The molecule has 0 heterocycles. The largest absolute Gasteiger partial charge is 0.388 e. The minimum Gasteiger partial charge on any atom is -0.388 e.